The molecule has 0 amide bonds. The van der Waals surface area contributed by atoms with Crippen LogP contribution in [0.1, 0.15) is 16.4 Å². The molecule has 0 bridgehead atoms. The van der Waals surface area contributed by atoms with Crippen LogP contribution in [-0.2, 0) is 11.3 Å². The Morgan fingerprint density at radius 2 is 2.26 bits per heavy atom. The van der Waals surface area contributed by atoms with Crippen molar-refractivity contribution in [3.63, 3.8) is 0 Å². The van der Waals surface area contributed by atoms with E-state index in [1.54, 1.807) is 0 Å². The van der Waals surface area contributed by atoms with Crippen molar-refractivity contribution >= 4 is 17.1 Å². The van der Waals surface area contributed by atoms with Crippen LogP contribution in [0.2, 0.25) is 0 Å². The van der Waals surface area contributed by atoms with Crippen LogP contribution in [0.25, 0.3) is 11.1 Å². The second-order valence-corrected chi connectivity index (χ2v) is 3.87. The van der Waals surface area contributed by atoms with E-state index in [0.29, 0.717) is 18.0 Å². The van der Waals surface area contributed by atoms with E-state index in [2.05, 4.69) is 20.0 Å². The van der Waals surface area contributed by atoms with Gasteiger partial charge in [0.2, 0.25) is 5.89 Å². The average Bonchev–Trinajstić information content (AvgIpc) is 3.04. The number of carbonyl (C=O) groups is 1. The zero-order valence-electron chi connectivity index (χ0n) is 10.1. The molecular formula is C12H10N4O3. The van der Waals surface area contributed by atoms with Gasteiger partial charge in [0.25, 0.3) is 0 Å². The van der Waals surface area contributed by atoms with Gasteiger partial charge >= 0.3 is 5.97 Å². The molecule has 0 aliphatic carbocycles. The molecule has 7 heteroatoms. The highest BCUT2D eigenvalue weighted by molar-refractivity contribution is 5.86. The molecule has 3 rings (SSSR count). The number of oxazole rings is 1. The zero-order chi connectivity index (χ0) is 13.2. The van der Waals surface area contributed by atoms with E-state index in [0.717, 1.165) is 5.52 Å². The maximum absolute atomic E-state index is 11.2. The van der Waals surface area contributed by atoms with Gasteiger partial charge in [-0.25, -0.2) is 14.5 Å². The predicted molar refractivity (Wildman–Crippen MR) is 64.5 cm³/mol. The third-order valence-corrected chi connectivity index (χ3v) is 2.57. The molecule has 0 saturated heterocycles. The van der Waals surface area contributed by atoms with Gasteiger partial charge in [0, 0.05) is 0 Å². The Hall–Kier alpha value is -2.70. The molecule has 0 fully saturated rings. The summed E-state index contributed by atoms with van der Waals surface area (Å²) in [6.07, 6.45) is 1.49. The highest BCUT2D eigenvalue weighted by Crippen LogP contribution is 2.15. The van der Waals surface area contributed by atoms with Crippen molar-refractivity contribution in [2.45, 2.75) is 6.54 Å². The van der Waals surface area contributed by atoms with E-state index in [1.165, 1.54) is 18.0 Å². The fourth-order valence-electron chi connectivity index (χ4n) is 1.70. The van der Waals surface area contributed by atoms with E-state index in [1.807, 2.05) is 24.3 Å². The lowest BCUT2D eigenvalue weighted by molar-refractivity contribution is 0.0594. The maximum atomic E-state index is 11.2. The van der Waals surface area contributed by atoms with E-state index >= 15 is 0 Å². The average molecular weight is 258 g/mol. The summed E-state index contributed by atoms with van der Waals surface area (Å²) in [6.45, 7) is 0.304. The monoisotopic (exact) mass is 258 g/mol. The minimum absolute atomic E-state index is 0.151. The lowest BCUT2D eigenvalue weighted by Crippen LogP contribution is -2.02. The first-order valence-electron chi connectivity index (χ1n) is 5.59. The molecule has 0 unspecified atom stereocenters. The Morgan fingerprint density at radius 1 is 1.42 bits per heavy atom. The van der Waals surface area contributed by atoms with Gasteiger partial charge in [0.15, 0.2) is 11.3 Å². The third-order valence-electron chi connectivity index (χ3n) is 2.57. The summed E-state index contributed by atoms with van der Waals surface area (Å²) in [7, 11) is 1.29. The summed E-state index contributed by atoms with van der Waals surface area (Å²) in [5, 5.41) is 7.52. The topological polar surface area (TPSA) is 83.0 Å². The van der Waals surface area contributed by atoms with E-state index < -0.39 is 5.97 Å². The van der Waals surface area contributed by atoms with Gasteiger partial charge in [-0.2, -0.15) is 0 Å². The van der Waals surface area contributed by atoms with Crippen LogP contribution in [0.15, 0.2) is 34.9 Å². The number of hydrogen-bond acceptors (Lipinski definition) is 6. The highest BCUT2D eigenvalue weighted by Gasteiger charge is 2.12. The Bertz CT molecular complexity index is 698. The molecule has 0 radical (unpaired) electrons. The number of hydrogen-bond donors (Lipinski definition) is 0. The number of carbonyl (C=O) groups excluding carboxylic acids is 1. The maximum Gasteiger partial charge on any atom is 0.360 e. The molecule has 0 atom stereocenters. The van der Waals surface area contributed by atoms with Crippen molar-refractivity contribution in [1.82, 2.24) is 20.0 Å². The van der Waals surface area contributed by atoms with Crippen molar-refractivity contribution in [3.8, 4) is 0 Å². The predicted octanol–water partition coefficient (Wildman–Crippen LogP) is 1.25. The number of ether oxygens (including phenoxy) is 1. The molecule has 7 nitrogen and oxygen atoms in total. The molecule has 19 heavy (non-hydrogen) atoms. The molecule has 96 valence electrons. The van der Waals surface area contributed by atoms with Gasteiger partial charge in [-0.15, -0.1) is 5.10 Å². The summed E-state index contributed by atoms with van der Waals surface area (Å²) < 4.78 is 11.6. The van der Waals surface area contributed by atoms with Gasteiger partial charge in [0.05, 0.1) is 13.3 Å². The normalized spacial score (nSPS) is 10.8. The summed E-state index contributed by atoms with van der Waals surface area (Å²) in [5.41, 5.74) is 1.65. The number of para-hydroxylation sites is 2. The number of rotatable bonds is 3. The van der Waals surface area contributed by atoms with Crippen molar-refractivity contribution in [1.29, 1.82) is 0 Å². The summed E-state index contributed by atoms with van der Waals surface area (Å²) >= 11 is 0. The van der Waals surface area contributed by atoms with Crippen molar-refractivity contribution in [2.24, 2.45) is 0 Å². The van der Waals surface area contributed by atoms with Crippen molar-refractivity contribution in [3.05, 3.63) is 42.0 Å². The zero-order valence-corrected chi connectivity index (χ0v) is 10.1. The van der Waals surface area contributed by atoms with Crippen LogP contribution < -0.4 is 0 Å². The SMILES string of the molecule is COC(=O)c1cn(Cc2nc3ccccc3o2)nn1. The molecule has 0 saturated carbocycles. The molecular weight excluding hydrogens is 248 g/mol. The van der Waals surface area contributed by atoms with Crippen LogP contribution in [0.3, 0.4) is 0 Å². The molecule has 2 aromatic heterocycles. The Morgan fingerprint density at radius 3 is 3.05 bits per heavy atom. The smallest absolute Gasteiger partial charge is 0.360 e. The molecule has 2 heterocycles. The fraction of sp³-hybridized carbons (Fsp3) is 0.167. The Balaban J connectivity index is 1.84. The molecule has 0 spiro atoms. The first-order valence-corrected chi connectivity index (χ1v) is 5.59. The standard InChI is InChI=1S/C12H10N4O3/c1-18-12(17)9-6-16(15-14-9)7-11-13-8-4-2-3-5-10(8)19-11/h2-6H,7H2,1H3. The van der Waals surface area contributed by atoms with Gasteiger partial charge in [-0.3, -0.25) is 0 Å². The van der Waals surface area contributed by atoms with Crippen LogP contribution in [0.5, 0.6) is 0 Å². The van der Waals surface area contributed by atoms with E-state index in [9.17, 15) is 4.79 Å². The van der Waals surface area contributed by atoms with Crippen molar-refractivity contribution < 1.29 is 13.9 Å². The van der Waals surface area contributed by atoms with Crippen LogP contribution in [0, 0.1) is 0 Å². The van der Waals surface area contributed by atoms with E-state index in [4.69, 9.17) is 4.42 Å². The Labute approximate surface area is 107 Å². The summed E-state index contributed by atoms with van der Waals surface area (Å²) in [4.78, 5) is 15.6. The lowest BCUT2D eigenvalue weighted by atomic mass is 10.3. The third kappa shape index (κ3) is 2.17. The number of esters is 1. The number of benzene rings is 1. The molecule has 0 aliphatic heterocycles. The number of aromatic nitrogens is 4. The first-order chi connectivity index (χ1) is 9.26. The minimum Gasteiger partial charge on any atom is -0.464 e. The highest BCUT2D eigenvalue weighted by atomic mass is 16.5. The van der Waals surface area contributed by atoms with Crippen LogP contribution in [-0.4, -0.2) is 33.1 Å². The first kappa shape index (κ1) is 11.4. The minimum atomic E-state index is -0.524. The van der Waals surface area contributed by atoms with Crippen molar-refractivity contribution in [2.75, 3.05) is 7.11 Å². The van der Waals surface area contributed by atoms with Crippen LogP contribution >= 0.6 is 0 Å². The van der Waals surface area contributed by atoms with Crippen LogP contribution in [0.4, 0.5) is 0 Å². The number of methoxy groups -OCH3 is 1. The molecule has 1 aromatic carbocycles. The fourth-order valence-corrected chi connectivity index (χ4v) is 1.70. The van der Waals surface area contributed by atoms with Gasteiger partial charge in [-0.1, -0.05) is 17.3 Å². The Kier molecular flexibility index (Phi) is 2.71. The lowest BCUT2D eigenvalue weighted by Gasteiger charge is -1.93. The second-order valence-electron chi connectivity index (χ2n) is 3.87. The molecule has 0 N–H and O–H groups in total. The van der Waals surface area contributed by atoms with E-state index in [-0.39, 0.29) is 5.69 Å². The molecule has 0 aliphatic rings. The molecule has 3 aromatic rings. The van der Waals surface area contributed by atoms with Gasteiger partial charge in [-0.05, 0) is 12.1 Å². The van der Waals surface area contributed by atoms with Gasteiger partial charge in [0.1, 0.15) is 12.1 Å². The summed E-state index contributed by atoms with van der Waals surface area (Å²) in [5.74, 6) is -0.0219. The summed E-state index contributed by atoms with van der Waals surface area (Å²) in [6, 6.07) is 7.47. The van der Waals surface area contributed by atoms with Gasteiger partial charge < -0.3 is 9.15 Å². The number of fused-ring (bicyclic) bond motifs is 1. The number of nitrogens with zero attached hydrogens (tertiary/aromatic N) is 4. The largest absolute Gasteiger partial charge is 0.464 e. The second kappa shape index (κ2) is 4.52. The quantitative estimate of drug-likeness (QED) is 0.657.